The Hall–Kier alpha value is -1.88. The Kier molecular flexibility index (Phi) is 3.94. The Morgan fingerprint density at radius 3 is 3.11 bits per heavy atom. The van der Waals surface area contributed by atoms with E-state index in [0.29, 0.717) is 18.7 Å². The number of fused-ring (bicyclic) bond motifs is 1. The molecule has 1 aromatic carbocycles. The highest BCUT2D eigenvalue weighted by atomic mass is 16.5. The van der Waals surface area contributed by atoms with Gasteiger partial charge in [-0.1, -0.05) is 12.1 Å². The molecule has 18 heavy (non-hydrogen) atoms. The quantitative estimate of drug-likeness (QED) is 0.818. The molecule has 5 nitrogen and oxygen atoms in total. The van der Waals surface area contributed by atoms with Crippen molar-refractivity contribution in [3.05, 3.63) is 30.0 Å². The smallest absolute Gasteiger partial charge is 0.255 e. The van der Waals surface area contributed by atoms with Gasteiger partial charge >= 0.3 is 0 Å². The van der Waals surface area contributed by atoms with Gasteiger partial charge in [-0.15, -0.1) is 0 Å². The van der Waals surface area contributed by atoms with Gasteiger partial charge in [0, 0.05) is 32.7 Å². The number of nitrogens with zero attached hydrogens (tertiary/aromatic N) is 2. The van der Waals surface area contributed by atoms with Crippen molar-refractivity contribution in [3.8, 4) is 0 Å². The van der Waals surface area contributed by atoms with Gasteiger partial charge in [0.1, 0.15) is 0 Å². The van der Waals surface area contributed by atoms with E-state index in [1.165, 1.54) is 0 Å². The summed E-state index contributed by atoms with van der Waals surface area (Å²) < 4.78 is 4.98. The third-order valence-electron chi connectivity index (χ3n) is 2.90. The summed E-state index contributed by atoms with van der Waals surface area (Å²) in [5.74, 6) is 0.000882. The molecule has 2 rings (SSSR count). The minimum Gasteiger partial charge on any atom is -0.385 e. The summed E-state index contributed by atoms with van der Waals surface area (Å²) in [6.45, 7) is 1.34. The molecule has 1 heterocycles. The Bertz CT molecular complexity index is 536. The second-order valence-electron chi connectivity index (χ2n) is 4.21. The number of carbonyl (C=O) groups is 1. The molecule has 0 aliphatic carbocycles. The van der Waals surface area contributed by atoms with Gasteiger partial charge in [-0.3, -0.25) is 9.89 Å². The van der Waals surface area contributed by atoms with Crippen molar-refractivity contribution in [2.75, 3.05) is 27.3 Å². The first-order valence-electron chi connectivity index (χ1n) is 5.90. The second-order valence-corrected chi connectivity index (χ2v) is 4.21. The second kappa shape index (κ2) is 5.64. The lowest BCUT2D eigenvalue weighted by molar-refractivity contribution is 0.0781. The Labute approximate surface area is 106 Å². The summed E-state index contributed by atoms with van der Waals surface area (Å²) in [5, 5.41) is 7.78. The van der Waals surface area contributed by atoms with E-state index in [9.17, 15) is 4.79 Å². The number of benzene rings is 1. The average Bonchev–Trinajstić information content (AvgIpc) is 2.86. The Morgan fingerprint density at radius 2 is 2.33 bits per heavy atom. The summed E-state index contributed by atoms with van der Waals surface area (Å²) in [5.41, 5.74) is 1.45. The monoisotopic (exact) mass is 247 g/mol. The lowest BCUT2D eigenvalue weighted by Gasteiger charge is -2.17. The molecule has 1 N–H and O–H groups in total. The number of nitrogens with one attached hydrogen (secondary N) is 1. The molecule has 0 radical (unpaired) electrons. The van der Waals surface area contributed by atoms with E-state index >= 15 is 0 Å². The van der Waals surface area contributed by atoms with E-state index in [1.54, 1.807) is 25.3 Å². The van der Waals surface area contributed by atoms with Crippen LogP contribution in [-0.4, -0.2) is 48.3 Å². The maximum Gasteiger partial charge on any atom is 0.255 e. The summed E-state index contributed by atoms with van der Waals surface area (Å²) in [7, 11) is 3.46. The highest BCUT2D eigenvalue weighted by Gasteiger charge is 2.15. The van der Waals surface area contributed by atoms with Gasteiger partial charge in [0.15, 0.2) is 0 Å². The molecule has 0 bridgehead atoms. The van der Waals surface area contributed by atoms with Gasteiger partial charge < -0.3 is 9.64 Å². The minimum atomic E-state index is 0.000882. The molecule has 0 atom stereocenters. The predicted octanol–water partition coefficient (Wildman–Crippen LogP) is 1.67. The highest BCUT2D eigenvalue weighted by molar-refractivity contribution is 6.05. The summed E-state index contributed by atoms with van der Waals surface area (Å²) >= 11 is 0. The topological polar surface area (TPSA) is 58.2 Å². The minimum absolute atomic E-state index is 0.000882. The van der Waals surface area contributed by atoms with Crippen molar-refractivity contribution >= 4 is 16.8 Å². The molecule has 96 valence electrons. The number of rotatable bonds is 5. The lowest BCUT2D eigenvalue weighted by atomic mass is 10.1. The fraction of sp³-hybridized carbons (Fsp3) is 0.385. The van der Waals surface area contributed by atoms with Crippen molar-refractivity contribution < 1.29 is 9.53 Å². The summed E-state index contributed by atoms with van der Waals surface area (Å²) in [4.78, 5) is 14.0. The maximum atomic E-state index is 12.3. The zero-order valence-corrected chi connectivity index (χ0v) is 10.6. The van der Waals surface area contributed by atoms with Crippen molar-refractivity contribution in [2.24, 2.45) is 0 Å². The molecule has 0 unspecified atom stereocenters. The fourth-order valence-corrected chi connectivity index (χ4v) is 1.90. The third kappa shape index (κ3) is 2.51. The van der Waals surface area contributed by atoms with Crippen molar-refractivity contribution in [1.82, 2.24) is 15.1 Å². The van der Waals surface area contributed by atoms with Gasteiger partial charge in [-0.05, 0) is 12.5 Å². The molecular formula is C13H17N3O2. The molecule has 5 heteroatoms. The molecule has 2 aromatic rings. The van der Waals surface area contributed by atoms with E-state index in [1.807, 2.05) is 18.2 Å². The predicted molar refractivity (Wildman–Crippen MR) is 69.5 cm³/mol. The molecule has 0 saturated carbocycles. The van der Waals surface area contributed by atoms with Crippen LogP contribution in [-0.2, 0) is 4.74 Å². The number of aromatic amines is 1. The molecule has 0 fully saturated rings. The largest absolute Gasteiger partial charge is 0.385 e. The highest BCUT2D eigenvalue weighted by Crippen LogP contribution is 2.17. The van der Waals surface area contributed by atoms with Crippen LogP contribution in [0.2, 0.25) is 0 Å². The fourth-order valence-electron chi connectivity index (χ4n) is 1.90. The van der Waals surface area contributed by atoms with Crippen LogP contribution in [0, 0.1) is 0 Å². The first-order chi connectivity index (χ1) is 8.74. The number of hydrogen-bond acceptors (Lipinski definition) is 3. The Morgan fingerprint density at radius 1 is 1.50 bits per heavy atom. The Balaban J connectivity index is 2.15. The summed E-state index contributed by atoms with van der Waals surface area (Å²) in [6, 6.07) is 5.62. The normalized spacial score (nSPS) is 10.8. The van der Waals surface area contributed by atoms with Gasteiger partial charge in [0.05, 0.1) is 17.3 Å². The van der Waals surface area contributed by atoms with Crippen LogP contribution < -0.4 is 0 Å². The number of ether oxygens (including phenoxy) is 1. The molecule has 0 aliphatic rings. The van der Waals surface area contributed by atoms with E-state index in [4.69, 9.17) is 4.74 Å². The lowest BCUT2D eigenvalue weighted by Crippen LogP contribution is -2.28. The van der Waals surface area contributed by atoms with Gasteiger partial charge in [-0.25, -0.2) is 0 Å². The van der Waals surface area contributed by atoms with Gasteiger partial charge in [0.2, 0.25) is 0 Å². The van der Waals surface area contributed by atoms with Crippen LogP contribution in [0.5, 0.6) is 0 Å². The van der Waals surface area contributed by atoms with Gasteiger partial charge in [0.25, 0.3) is 5.91 Å². The van der Waals surface area contributed by atoms with E-state index in [2.05, 4.69) is 10.2 Å². The number of hydrogen-bond donors (Lipinski definition) is 1. The van der Waals surface area contributed by atoms with Gasteiger partial charge in [-0.2, -0.15) is 5.10 Å². The van der Waals surface area contributed by atoms with Crippen LogP contribution in [0.15, 0.2) is 24.4 Å². The van der Waals surface area contributed by atoms with E-state index < -0.39 is 0 Å². The number of carbonyl (C=O) groups excluding carboxylic acids is 1. The molecule has 0 spiro atoms. The molecule has 0 aliphatic heterocycles. The van der Waals surface area contributed by atoms with Crippen molar-refractivity contribution in [3.63, 3.8) is 0 Å². The number of H-pyrrole nitrogens is 1. The average molecular weight is 247 g/mol. The number of aromatic nitrogens is 2. The number of amides is 1. The van der Waals surface area contributed by atoms with Crippen LogP contribution in [0.3, 0.4) is 0 Å². The number of para-hydroxylation sites is 1. The van der Waals surface area contributed by atoms with Crippen molar-refractivity contribution in [1.29, 1.82) is 0 Å². The standard InChI is InChI=1S/C13H17N3O2/c1-16(7-4-8-18-2)13(17)11-6-3-5-10-9-14-15-12(10)11/h3,5-6,9H,4,7-8H2,1-2H3,(H,14,15). The third-order valence-corrected chi connectivity index (χ3v) is 2.90. The van der Waals surface area contributed by atoms with E-state index in [0.717, 1.165) is 17.3 Å². The zero-order chi connectivity index (χ0) is 13.0. The number of methoxy groups -OCH3 is 1. The SMILES string of the molecule is COCCCN(C)C(=O)c1cccc2cn[nH]c12. The first-order valence-corrected chi connectivity index (χ1v) is 5.90. The molecule has 1 aromatic heterocycles. The van der Waals surface area contributed by atoms with E-state index in [-0.39, 0.29) is 5.91 Å². The molecular weight excluding hydrogens is 230 g/mol. The van der Waals surface area contributed by atoms with Crippen LogP contribution in [0.4, 0.5) is 0 Å². The first kappa shape index (κ1) is 12.6. The van der Waals surface area contributed by atoms with Crippen LogP contribution >= 0.6 is 0 Å². The van der Waals surface area contributed by atoms with Crippen LogP contribution in [0.25, 0.3) is 10.9 Å². The maximum absolute atomic E-state index is 12.3. The molecule has 1 amide bonds. The van der Waals surface area contributed by atoms with Crippen molar-refractivity contribution in [2.45, 2.75) is 6.42 Å². The van der Waals surface area contributed by atoms with Crippen LogP contribution in [0.1, 0.15) is 16.8 Å². The molecule has 0 saturated heterocycles. The zero-order valence-electron chi connectivity index (χ0n) is 10.6. The summed E-state index contributed by atoms with van der Waals surface area (Å²) in [6.07, 6.45) is 2.55.